The van der Waals surface area contributed by atoms with Crippen molar-refractivity contribution in [1.29, 1.82) is 0 Å². The van der Waals surface area contributed by atoms with Gasteiger partial charge in [0.1, 0.15) is 0 Å². The van der Waals surface area contributed by atoms with E-state index in [0.29, 0.717) is 6.54 Å². The SMILES string of the molecule is CCCCCCCCNNS([NH])(=O)=O. The number of hydrazine groups is 1. The maximum absolute atomic E-state index is 10.3. The first-order chi connectivity index (χ1) is 6.56. The van der Waals surface area contributed by atoms with Gasteiger partial charge in [0.2, 0.25) is 0 Å². The Kier molecular flexibility index (Phi) is 8.07. The van der Waals surface area contributed by atoms with Crippen LogP contribution in [0.1, 0.15) is 45.4 Å². The number of rotatable bonds is 9. The van der Waals surface area contributed by atoms with Crippen LogP contribution in [0.3, 0.4) is 0 Å². The third-order valence-electron chi connectivity index (χ3n) is 1.86. The van der Waals surface area contributed by atoms with Gasteiger partial charge in [0.25, 0.3) is 0 Å². The van der Waals surface area contributed by atoms with Gasteiger partial charge in [-0.25, -0.2) is 5.43 Å². The minimum atomic E-state index is -3.84. The lowest BCUT2D eigenvalue weighted by Crippen LogP contribution is -2.38. The van der Waals surface area contributed by atoms with Crippen molar-refractivity contribution in [1.82, 2.24) is 15.4 Å². The zero-order chi connectivity index (χ0) is 10.9. The van der Waals surface area contributed by atoms with Crippen LogP contribution in [0.15, 0.2) is 0 Å². The van der Waals surface area contributed by atoms with Gasteiger partial charge in [-0.15, -0.1) is 9.97 Å². The summed E-state index contributed by atoms with van der Waals surface area (Å²) < 4.78 is 20.6. The van der Waals surface area contributed by atoms with Crippen LogP contribution in [0.2, 0.25) is 0 Å². The van der Waals surface area contributed by atoms with E-state index >= 15 is 0 Å². The van der Waals surface area contributed by atoms with Crippen LogP contribution < -0.4 is 15.4 Å². The largest absolute Gasteiger partial charge is 0.303 e. The second kappa shape index (κ2) is 8.16. The monoisotopic (exact) mass is 222 g/mol. The molecular formula is C8H20N3O2S. The molecule has 14 heavy (non-hydrogen) atoms. The molecule has 6 heteroatoms. The molecule has 0 fully saturated rings. The lowest BCUT2D eigenvalue weighted by molar-refractivity contribution is 0.533. The van der Waals surface area contributed by atoms with E-state index in [9.17, 15) is 8.42 Å². The third kappa shape index (κ3) is 11.8. The average molecular weight is 222 g/mol. The minimum absolute atomic E-state index is 0.588. The Balaban J connectivity index is 3.07. The molecule has 0 aliphatic heterocycles. The first-order valence-corrected chi connectivity index (χ1v) is 6.54. The van der Waals surface area contributed by atoms with Gasteiger partial charge in [0, 0.05) is 6.54 Å². The molecule has 0 saturated carbocycles. The van der Waals surface area contributed by atoms with Crippen molar-refractivity contribution in [3.63, 3.8) is 0 Å². The van der Waals surface area contributed by atoms with Gasteiger partial charge in [0.05, 0.1) is 0 Å². The Morgan fingerprint density at radius 1 is 1.07 bits per heavy atom. The fraction of sp³-hybridized carbons (Fsp3) is 1.00. The van der Waals surface area contributed by atoms with E-state index in [0.717, 1.165) is 12.8 Å². The Morgan fingerprint density at radius 3 is 2.21 bits per heavy atom. The average Bonchev–Trinajstić information content (AvgIpc) is 2.08. The first kappa shape index (κ1) is 13.8. The quantitative estimate of drug-likeness (QED) is 0.450. The number of hydrogen-bond donors (Lipinski definition) is 2. The van der Waals surface area contributed by atoms with Gasteiger partial charge in [-0.3, -0.25) is 0 Å². The predicted molar refractivity (Wildman–Crippen MR) is 56.5 cm³/mol. The summed E-state index contributed by atoms with van der Waals surface area (Å²) in [4.78, 5) is 1.91. The van der Waals surface area contributed by atoms with Crippen molar-refractivity contribution in [2.24, 2.45) is 0 Å². The summed E-state index contributed by atoms with van der Waals surface area (Å²) in [5.74, 6) is 0. The summed E-state index contributed by atoms with van der Waals surface area (Å²) in [6.07, 6.45) is 6.99. The smallest absolute Gasteiger partial charge is 0.243 e. The van der Waals surface area contributed by atoms with Crippen molar-refractivity contribution in [2.75, 3.05) is 6.54 Å². The standard InChI is InChI=1S/C8H20N3O2S/c1-2-3-4-5-6-7-8-10-11-14(9,12)13/h9-11H,2-8H2,1H3. The lowest BCUT2D eigenvalue weighted by atomic mass is 10.1. The number of unbranched alkanes of at least 4 members (excludes halogenated alkanes) is 5. The van der Waals surface area contributed by atoms with Gasteiger partial charge in [-0.2, -0.15) is 8.42 Å². The van der Waals surface area contributed by atoms with Crippen LogP contribution in [-0.4, -0.2) is 15.0 Å². The van der Waals surface area contributed by atoms with Crippen molar-refractivity contribution in [3.8, 4) is 0 Å². The van der Waals surface area contributed by atoms with E-state index in [4.69, 9.17) is 5.14 Å². The van der Waals surface area contributed by atoms with E-state index in [-0.39, 0.29) is 0 Å². The van der Waals surface area contributed by atoms with Crippen molar-refractivity contribution in [2.45, 2.75) is 45.4 Å². The first-order valence-electron chi connectivity index (χ1n) is 5.05. The molecule has 85 valence electrons. The Bertz CT molecular complexity index is 217. The molecule has 0 aromatic carbocycles. The van der Waals surface area contributed by atoms with Crippen LogP contribution >= 0.6 is 0 Å². The summed E-state index contributed by atoms with van der Waals surface area (Å²) in [5.41, 5.74) is 2.49. The summed E-state index contributed by atoms with van der Waals surface area (Å²) in [6.45, 7) is 2.76. The summed E-state index contributed by atoms with van der Waals surface area (Å²) in [6, 6.07) is 0. The summed E-state index contributed by atoms with van der Waals surface area (Å²) in [5, 5.41) is 6.50. The number of hydrogen-bond acceptors (Lipinski definition) is 3. The zero-order valence-electron chi connectivity index (χ0n) is 8.67. The second-order valence-electron chi connectivity index (χ2n) is 3.30. The second-order valence-corrected chi connectivity index (χ2v) is 4.51. The Hall–Kier alpha value is -0.170. The van der Waals surface area contributed by atoms with Crippen molar-refractivity contribution >= 4 is 10.2 Å². The maximum Gasteiger partial charge on any atom is 0.303 e. The van der Waals surface area contributed by atoms with Gasteiger partial charge in [0.15, 0.2) is 0 Å². The van der Waals surface area contributed by atoms with E-state index in [2.05, 4.69) is 12.3 Å². The molecule has 0 saturated heterocycles. The zero-order valence-corrected chi connectivity index (χ0v) is 9.49. The van der Waals surface area contributed by atoms with Gasteiger partial charge in [-0.1, -0.05) is 39.0 Å². The Labute approximate surface area is 86.6 Å². The molecule has 5 nitrogen and oxygen atoms in total. The van der Waals surface area contributed by atoms with Crippen molar-refractivity contribution < 1.29 is 8.42 Å². The molecule has 0 heterocycles. The van der Waals surface area contributed by atoms with Crippen molar-refractivity contribution in [3.05, 3.63) is 0 Å². The van der Waals surface area contributed by atoms with Crippen LogP contribution in [0.4, 0.5) is 0 Å². The van der Waals surface area contributed by atoms with Crippen LogP contribution in [0.25, 0.3) is 0 Å². The molecule has 0 aliphatic carbocycles. The molecule has 0 atom stereocenters. The van der Waals surface area contributed by atoms with E-state index in [1.807, 2.05) is 4.83 Å². The lowest BCUT2D eigenvalue weighted by Gasteiger charge is -2.03. The normalized spacial score (nSPS) is 11.9. The van der Waals surface area contributed by atoms with Gasteiger partial charge in [-0.05, 0) is 6.42 Å². The van der Waals surface area contributed by atoms with E-state index in [1.165, 1.54) is 25.7 Å². The molecule has 0 aromatic rings. The topological polar surface area (TPSA) is 82.0 Å². The van der Waals surface area contributed by atoms with Crippen LogP contribution in [-0.2, 0) is 10.2 Å². The highest BCUT2D eigenvalue weighted by Gasteiger charge is 1.98. The highest BCUT2D eigenvalue weighted by Crippen LogP contribution is 2.03. The molecule has 0 aromatic heterocycles. The van der Waals surface area contributed by atoms with Crippen LogP contribution in [0, 0.1) is 0 Å². The molecule has 0 amide bonds. The molecule has 0 rings (SSSR count). The fourth-order valence-electron chi connectivity index (χ4n) is 1.14. The molecule has 1 radical (unpaired) electrons. The Morgan fingerprint density at radius 2 is 1.64 bits per heavy atom. The number of nitrogens with one attached hydrogen (secondary N) is 3. The predicted octanol–water partition coefficient (Wildman–Crippen LogP) is 0.969. The minimum Gasteiger partial charge on any atom is -0.243 e. The maximum atomic E-state index is 10.3. The third-order valence-corrected chi connectivity index (χ3v) is 2.27. The molecule has 0 bridgehead atoms. The van der Waals surface area contributed by atoms with E-state index < -0.39 is 10.2 Å². The molecule has 0 spiro atoms. The van der Waals surface area contributed by atoms with Gasteiger partial charge < -0.3 is 0 Å². The van der Waals surface area contributed by atoms with Gasteiger partial charge >= 0.3 is 10.2 Å². The molecule has 0 unspecified atom stereocenters. The molecule has 3 N–H and O–H groups in total. The van der Waals surface area contributed by atoms with E-state index in [1.54, 1.807) is 0 Å². The fourth-order valence-corrected chi connectivity index (χ4v) is 1.43. The molecular weight excluding hydrogens is 202 g/mol. The summed E-state index contributed by atoms with van der Waals surface area (Å²) in [7, 11) is -3.84. The summed E-state index contributed by atoms with van der Waals surface area (Å²) >= 11 is 0. The highest BCUT2D eigenvalue weighted by molar-refractivity contribution is 7.86. The van der Waals surface area contributed by atoms with Crippen LogP contribution in [0.5, 0.6) is 0 Å². The highest BCUT2D eigenvalue weighted by atomic mass is 32.2. The molecule has 0 aliphatic rings.